The molecule has 6 rings (SSSR count). The number of fused-ring (bicyclic) bond motifs is 6. The molecule has 1 saturated heterocycles. The lowest BCUT2D eigenvalue weighted by molar-refractivity contribution is -0.153. The molecule has 0 spiro atoms. The fourth-order valence-electron chi connectivity index (χ4n) is 7.88. The number of halogens is 1. The highest BCUT2D eigenvalue weighted by molar-refractivity contribution is 6.24. The Kier molecular flexibility index (Phi) is 5.18. The molecule has 5 aliphatic rings. The number of hydrogen-bond acceptors (Lipinski definition) is 9. The van der Waals surface area contributed by atoms with Crippen LogP contribution in [0, 0.1) is 23.6 Å². The van der Waals surface area contributed by atoms with Crippen molar-refractivity contribution in [3.8, 4) is 5.75 Å². The van der Waals surface area contributed by atoms with Gasteiger partial charge in [-0.05, 0) is 65.2 Å². The molecule has 1 amide bonds. The number of Topliss-reactive ketones (excluding diaryl/α,β-unsaturated/α-hetero) is 2. The smallest absolute Gasteiger partial charge is 0.255 e. The van der Waals surface area contributed by atoms with Gasteiger partial charge in [-0.3, -0.25) is 24.2 Å². The highest BCUT2D eigenvalue weighted by Gasteiger charge is 2.64. The number of nitrogens with zero attached hydrogens (tertiary/aromatic N) is 2. The van der Waals surface area contributed by atoms with E-state index in [0.717, 1.165) is 13.0 Å². The molecule has 10 nitrogen and oxygen atoms in total. The average molecular weight is 528 g/mol. The number of hydrogen-bond donors (Lipinski definition) is 5. The Morgan fingerprint density at radius 1 is 1.16 bits per heavy atom. The summed E-state index contributed by atoms with van der Waals surface area (Å²) < 4.78 is 16.2. The highest BCUT2D eigenvalue weighted by Crippen LogP contribution is 2.57. The van der Waals surface area contributed by atoms with Crippen molar-refractivity contribution in [2.45, 2.75) is 43.4 Å². The molecule has 202 valence electrons. The first-order valence-corrected chi connectivity index (χ1v) is 12.7. The molecule has 4 aliphatic carbocycles. The minimum absolute atomic E-state index is 0.0533. The summed E-state index contributed by atoms with van der Waals surface area (Å²) in [4.78, 5) is 42.6. The summed E-state index contributed by atoms with van der Waals surface area (Å²) in [6.45, 7) is 0.809. The maximum Gasteiger partial charge on any atom is 0.255 e. The summed E-state index contributed by atoms with van der Waals surface area (Å²) in [5.74, 6) is -7.70. The van der Waals surface area contributed by atoms with Crippen LogP contribution in [0.1, 0.15) is 41.1 Å². The van der Waals surface area contributed by atoms with Gasteiger partial charge < -0.3 is 26.2 Å². The topological polar surface area (TPSA) is 165 Å². The molecule has 1 aromatic carbocycles. The lowest BCUT2D eigenvalue weighted by Crippen LogP contribution is -2.65. The Morgan fingerprint density at radius 2 is 1.84 bits per heavy atom. The van der Waals surface area contributed by atoms with E-state index in [2.05, 4.69) is 4.90 Å². The number of rotatable bonds is 2. The van der Waals surface area contributed by atoms with Crippen molar-refractivity contribution in [3.05, 3.63) is 45.0 Å². The van der Waals surface area contributed by atoms with Gasteiger partial charge in [0.05, 0.1) is 11.6 Å². The predicted octanol–water partition coefficient (Wildman–Crippen LogP) is 0.652. The van der Waals surface area contributed by atoms with Gasteiger partial charge in [0.2, 0.25) is 5.78 Å². The third kappa shape index (κ3) is 2.84. The third-order valence-electron chi connectivity index (χ3n) is 9.50. The van der Waals surface area contributed by atoms with E-state index in [1.54, 1.807) is 0 Å². The lowest BCUT2D eigenvalue weighted by atomic mass is 9.57. The average Bonchev–Trinajstić information content (AvgIpc) is 3.39. The summed E-state index contributed by atoms with van der Waals surface area (Å²) in [6, 6.07) is -1.37. The number of benzene rings is 1. The van der Waals surface area contributed by atoms with Crippen molar-refractivity contribution in [3.63, 3.8) is 0 Å². The number of nitrogens with two attached hydrogens (primary N) is 1. The fraction of sp³-hybridized carbons (Fsp3) is 0.519. The SMILES string of the molecule is CN1CCC2Cc3c(O)c4c(c(F)c3C21)C[C@H]1C[C@H]2[C@H](N(C)C)C(=O)C(C(N)=O)=C(O)[C@@]2(O)C(=O)C1=C4O. The minimum Gasteiger partial charge on any atom is -0.508 e. The van der Waals surface area contributed by atoms with Gasteiger partial charge in [-0.25, -0.2) is 4.39 Å². The van der Waals surface area contributed by atoms with Gasteiger partial charge in [0.1, 0.15) is 28.7 Å². The van der Waals surface area contributed by atoms with Gasteiger partial charge in [-0.15, -0.1) is 0 Å². The van der Waals surface area contributed by atoms with E-state index in [1.165, 1.54) is 19.0 Å². The van der Waals surface area contributed by atoms with Gasteiger partial charge >= 0.3 is 0 Å². The summed E-state index contributed by atoms with van der Waals surface area (Å²) in [5, 5.41) is 45.2. The Labute approximate surface area is 217 Å². The normalized spacial score (nSPS) is 34.3. The van der Waals surface area contributed by atoms with Crippen LogP contribution in [0.2, 0.25) is 0 Å². The van der Waals surface area contributed by atoms with E-state index in [1.807, 2.05) is 7.05 Å². The molecule has 0 bridgehead atoms. The van der Waals surface area contributed by atoms with Crippen LogP contribution in [0.15, 0.2) is 16.9 Å². The number of carbonyl (C=O) groups is 3. The zero-order valence-electron chi connectivity index (χ0n) is 21.3. The Bertz CT molecular complexity index is 1420. The second-order valence-electron chi connectivity index (χ2n) is 11.5. The first kappa shape index (κ1) is 25.0. The summed E-state index contributed by atoms with van der Waals surface area (Å²) in [5.41, 5.74) is 2.22. The second-order valence-corrected chi connectivity index (χ2v) is 11.5. The Hall–Kier alpha value is -3.28. The molecule has 38 heavy (non-hydrogen) atoms. The molecular formula is C27H30FN3O7. The van der Waals surface area contributed by atoms with E-state index in [-0.39, 0.29) is 47.3 Å². The number of primary amides is 1. The quantitative estimate of drug-likeness (QED) is 0.347. The summed E-state index contributed by atoms with van der Waals surface area (Å²) >= 11 is 0. The van der Waals surface area contributed by atoms with Gasteiger partial charge in [-0.1, -0.05) is 0 Å². The number of likely N-dealkylation sites (N-methyl/N-ethyl adjacent to an activating group) is 1. The number of aliphatic hydroxyl groups is 3. The maximum atomic E-state index is 16.2. The lowest BCUT2D eigenvalue weighted by Gasteiger charge is -2.50. The molecule has 6 atom stereocenters. The number of aliphatic hydroxyl groups excluding tert-OH is 2. The first-order chi connectivity index (χ1) is 17.8. The largest absolute Gasteiger partial charge is 0.508 e. The van der Waals surface area contributed by atoms with Crippen LogP contribution in [0.3, 0.4) is 0 Å². The van der Waals surface area contributed by atoms with Crippen LogP contribution in [-0.4, -0.2) is 87.0 Å². The molecule has 6 N–H and O–H groups in total. The van der Waals surface area contributed by atoms with Crippen molar-refractivity contribution < 1.29 is 39.2 Å². The highest BCUT2D eigenvalue weighted by atomic mass is 19.1. The van der Waals surface area contributed by atoms with Gasteiger partial charge in [0.25, 0.3) is 5.91 Å². The summed E-state index contributed by atoms with van der Waals surface area (Å²) in [6.07, 6.45) is 1.15. The van der Waals surface area contributed by atoms with Crippen molar-refractivity contribution >= 4 is 23.2 Å². The molecule has 1 aliphatic heterocycles. The fourth-order valence-corrected chi connectivity index (χ4v) is 7.88. The number of phenols is 1. The molecular weight excluding hydrogens is 497 g/mol. The number of likely N-dealkylation sites (tertiary alicyclic amines) is 1. The van der Waals surface area contributed by atoms with E-state index < -0.39 is 63.9 Å². The van der Waals surface area contributed by atoms with Crippen LogP contribution in [0.4, 0.5) is 4.39 Å². The van der Waals surface area contributed by atoms with Crippen LogP contribution in [0.5, 0.6) is 5.75 Å². The number of aromatic hydroxyl groups is 1. The van der Waals surface area contributed by atoms with Crippen LogP contribution < -0.4 is 5.73 Å². The standard InChI is InChI=1S/C27H30FN3O7/c1-30(2)20-13-8-10-7-11-16(21(32)12-6-9-4-5-31(3)19(9)15(12)18(11)28)22(33)14(10)24(35)27(13,38)25(36)17(23(20)34)26(29)37/h9-10,13,19-20,32-33,36,38H,4-8H2,1-3H3,(H2,29,37)/t9?,10-,13-,19?,20-,27-/m0/s1. The summed E-state index contributed by atoms with van der Waals surface area (Å²) in [7, 11) is 4.97. The number of phenolic OH excluding ortho intramolecular Hbond substituents is 1. The number of amides is 1. The van der Waals surface area contributed by atoms with Gasteiger partial charge in [-0.2, -0.15) is 0 Å². The molecule has 0 aromatic heterocycles. The Balaban J connectivity index is 1.56. The van der Waals surface area contributed by atoms with E-state index in [4.69, 9.17) is 5.73 Å². The number of ketones is 2. The minimum atomic E-state index is -2.71. The predicted molar refractivity (Wildman–Crippen MR) is 131 cm³/mol. The zero-order valence-corrected chi connectivity index (χ0v) is 21.3. The Morgan fingerprint density at radius 3 is 2.47 bits per heavy atom. The molecule has 2 unspecified atom stereocenters. The molecule has 11 heteroatoms. The van der Waals surface area contributed by atoms with Crippen molar-refractivity contribution in [1.29, 1.82) is 0 Å². The molecule has 0 radical (unpaired) electrons. The second kappa shape index (κ2) is 7.87. The van der Waals surface area contributed by atoms with Crippen molar-refractivity contribution in [1.82, 2.24) is 9.80 Å². The molecule has 2 fully saturated rings. The van der Waals surface area contributed by atoms with Crippen molar-refractivity contribution in [2.24, 2.45) is 23.5 Å². The first-order valence-electron chi connectivity index (χ1n) is 12.7. The maximum absolute atomic E-state index is 16.2. The van der Waals surface area contributed by atoms with E-state index >= 15 is 4.39 Å². The van der Waals surface area contributed by atoms with E-state index in [9.17, 15) is 34.8 Å². The van der Waals surface area contributed by atoms with Gasteiger partial charge in [0, 0.05) is 34.2 Å². The third-order valence-corrected chi connectivity index (χ3v) is 9.50. The van der Waals surface area contributed by atoms with Crippen LogP contribution >= 0.6 is 0 Å². The molecule has 1 saturated carbocycles. The van der Waals surface area contributed by atoms with E-state index in [0.29, 0.717) is 17.5 Å². The monoisotopic (exact) mass is 527 g/mol. The molecule has 1 aromatic rings. The van der Waals surface area contributed by atoms with Crippen LogP contribution in [-0.2, 0) is 27.2 Å². The van der Waals surface area contributed by atoms with Crippen molar-refractivity contribution in [2.75, 3.05) is 27.7 Å². The number of carbonyl (C=O) groups excluding carboxylic acids is 3. The molecule has 1 heterocycles. The zero-order chi connectivity index (χ0) is 27.6. The van der Waals surface area contributed by atoms with Gasteiger partial charge in [0.15, 0.2) is 11.4 Å². The van der Waals surface area contributed by atoms with Crippen LogP contribution in [0.25, 0.3) is 5.76 Å².